The smallest absolute Gasteiger partial charge is 0.227 e. The Balaban J connectivity index is 1.46. The Morgan fingerprint density at radius 2 is 2.25 bits per heavy atom. The number of thiophene rings is 1. The van der Waals surface area contributed by atoms with Gasteiger partial charge in [0.05, 0.1) is 18.7 Å². The second-order valence-corrected chi connectivity index (χ2v) is 7.19. The lowest BCUT2D eigenvalue weighted by molar-refractivity contribution is -0.119. The van der Waals surface area contributed by atoms with E-state index in [4.69, 9.17) is 4.74 Å². The Morgan fingerprint density at radius 3 is 3.12 bits per heavy atom. The monoisotopic (exact) mass is 343 g/mol. The summed E-state index contributed by atoms with van der Waals surface area (Å²) in [7, 11) is 0. The third kappa shape index (κ3) is 3.16. The van der Waals surface area contributed by atoms with Crippen LogP contribution >= 0.6 is 11.3 Å². The predicted octanol–water partition coefficient (Wildman–Crippen LogP) is 3.39. The molecule has 1 amide bonds. The predicted molar refractivity (Wildman–Crippen MR) is 95.6 cm³/mol. The summed E-state index contributed by atoms with van der Waals surface area (Å²) in [6.45, 7) is 2.70. The van der Waals surface area contributed by atoms with E-state index in [9.17, 15) is 4.79 Å². The van der Waals surface area contributed by atoms with Crippen molar-refractivity contribution in [3.8, 4) is 0 Å². The molecule has 0 aromatic carbocycles. The van der Waals surface area contributed by atoms with E-state index >= 15 is 0 Å². The summed E-state index contributed by atoms with van der Waals surface area (Å²) < 4.78 is 5.82. The number of carbonyl (C=O) groups is 1. The van der Waals surface area contributed by atoms with Crippen molar-refractivity contribution in [1.29, 1.82) is 0 Å². The first kappa shape index (κ1) is 15.6. The average molecular weight is 343 g/mol. The molecule has 0 saturated carbocycles. The minimum Gasteiger partial charge on any atom is -0.372 e. The van der Waals surface area contributed by atoms with Crippen LogP contribution in [0, 0.1) is 0 Å². The van der Waals surface area contributed by atoms with E-state index in [2.05, 4.69) is 26.6 Å². The number of hydrogen-bond donors (Lipinski definition) is 1. The first-order valence-corrected chi connectivity index (χ1v) is 9.37. The van der Waals surface area contributed by atoms with Crippen LogP contribution in [0.25, 0.3) is 0 Å². The number of hydrogen-bond acceptors (Lipinski definition) is 5. The lowest BCUT2D eigenvalue weighted by Gasteiger charge is -2.23. The van der Waals surface area contributed by atoms with Crippen LogP contribution in [0.15, 0.2) is 29.8 Å². The van der Waals surface area contributed by atoms with Crippen LogP contribution in [-0.4, -0.2) is 30.6 Å². The quantitative estimate of drug-likeness (QED) is 0.924. The van der Waals surface area contributed by atoms with E-state index in [1.54, 1.807) is 17.5 Å². The zero-order valence-electron chi connectivity index (χ0n) is 13.5. The number of pyridine rings is 1. The fraction of sp³-hybridized carbons (Fsp3) is 0.444. The van der Waals surface area contributed by atoms with Crippen LogP contribution in [0.3, 0.4) is 0 Å². The molecular formula is C18H21N3O2S. The van der Waals surface area contributed by atoms with Gasteiger partial charge in [0.15, 0.2) is 5.82 Å². The molecule has 5 nitrogen and oxygen atoms in total. The molecule has 1 saturated heterocycles. The van der Waals surface area contributed by atoms with Crippen LogP contribution in [-0.2, 0) is 16.0 Å². The van der Waals surface area contributed by atoms with Crippen molar-refractivity contribution in [2.75, 3.05) is 29.9 Å². The summed E-state index contributed by atoms with van der Waals surface area (Å²) in [5.74, 6) is 0.861. The molecule has 1 fully saturated rings. The molecule has 126 valence electrons. The molecular weight excluding hydrogens is 322 g/mol. The number of nitrogens with zero attached hydrogens (tertiary/aromatic N) is 2. The first-order chi connectivity index (χ1) is 11.8. The van der Waals surface area contributed by atoms with Gasteiger partial charge in [-0.05, 0) is 48.4 Å². The molecule has 2 aliphatic rings. The number of aromatic nitrogens is 1. The van der Waals surface area contributed by atoms with E-state index in [-0.39, 0.29) is 12.0 Å². The van der Waals surface area contributed by atoms with Gasteiger partial charge in [-0.2, -0.15) is 0 Å². The van der Waals surface area contributed by atoms with Crippen molar-refractivity contribution >= 4 is 28.7 Å². The van der Waals surface area contributed by atoms with Crippen LogP contribution in [0.5, 0.6) is 0 Å². The summed E-state index contributed by atoms with van der Waals surface area (Å²) in [6, 6.07) is 5.93. The van der Waals surface area contributed by atoms with Crippen molar-refractivity contribution in [3.63, 3.8) is 0 Å². The minimum absolute atomic E-state index is 0.0188. The fourth-order valence-electron chi connectivity index (χ4n) is 3.42. The molecule has 6 heteroatoms. The summed E-state index contributed by atoms with van der Waals surface area (Å²) in [6.07, 6.45) is 5.31. The van der Waals surface area contributed by atoms with Crippen molar-refractivity contribution in [1.82, 2.24) is 4.98 Å². The summed E-state index contributed by atoms with van der Waals surface area (Å²) in [4.78, 5) is 20.5. The van der Waals surface area contributed by atoms with Crippen molar-refractivity contribution in [2.24, 2.45) is 0 Å². The van der Waals surface area contributed by atoms with E-state index in [1.807, 2.05) is 12.1 Å². The Labute approximate surface area is 145 Å². The number of anilines is 2. The van der Waals surface area contributed by atoms with Gasteiger partial charge in [0.1, 0.15) is 6.10 Å². The van der Waals surface area contributed by atoms with Crippen LogP contribution in [0.4, 0.5) is 11.5 Å². The van der Waals surface area contributed by atoms with Crippen LogP contribution in [0.1, 0.15) is 35.8 Å². The molecule has 2 aromatic heterocycles. The topological polar surface area (TPSA) is 54.5 Å². The number of rotatable bonds is 4. The maximum absolute atomic E-state index is 12.5. The van der Waals surface area contributed by atoms with Gasteiger partial charge < -0.3 is 15.0 Å². The summed E-state index contributed by atoms with van der Waals surface area (Å²) in [5.41, 5.74) is 2.12. The molecule has 2 aromatic rings. The third-order valence-corrected chi connectivity index (χ3v) is 5.65. The largest absolute Gasteiger partial charge is 0.372 e. The number of amides is 1. The highest BCUT2D eigenvalue weighted by Gasteiger charge is 2.25. The molecule has 0 bridgehead atoms. The van der Waals surface area contributed by atoms with E-state index in [0.717, 1.165) is 31.0 Å². The zero-order chi connectivity index (χ0) is 16.4. The Hall–Kier alpha value is -1.92. The van der Waals surface area contributed by atoms with Gasteiger partial charge in [-0.1, -0.05) is 0 Å². The molecule has 4 rings (SSSR count). The number of ether oxygens (including phenoxy) is 1. The average Bonchev–Trinajstić information content (AvgIpc) is 3.27. The van der Waals surface area contributed by atoms with E-state index in [1.165, 1.54) is 23.3 Å². The second-order valence-electron chi connectivity index (χ2n) is 6.24. The van der Waals surface area contributed by atoms with E-state index in [0.29, 0.717) is 13.0 Å². The fourth-order valence-corrected chi connectivity index (χ4v) is 4.42. The second kappa shape index (κ2) is 6.91. The number of carbonyl (C=O) groups excluding carboxylic acids is 1. The Bertz CT molecular complexity index is 725. The molecule has 0 radical (unpaired) electrons. The van der Waals surface area contributed by atoms with Gasteiger partial charge in [-0.25, -0.2) is 4.98 Å². The molecule has 1 atom stereocenters. The van der Waals surface area contributed by atoms with Gasteiger partial charge in [-0.15, -0.1) is 11.3 Å². The molecule has 24 heavy (non-hydrogen) atoms. The summed E-state index contributed by atoms with van der Waals surface area (Å²) in [5, 5.41) is 5.12. The molecule has 1 unspecified atom stereocenters. The highest BCUT2D eigenvalue weighted by atomic mass is 32.1. The third-order valence-electron chi connectivity index (χ3n) is 4.60. The van der Waals surface area contributed by atoms with Gasteiger partial charge in [0, 0.05) is 24.2 Å². The Kier molecular flexibility index (Phi) is 4.49. The van der Waals surface area contributed by atoms with Crippen LogP contribution < -0.4 is 10.2 Å². The maximum Gasteiger partial charge on any atom is 0.227 e. The van der Waals surface area contributed by atoms with Gasteiger partial charge in [-0.3, -0.25) is 4.79 Å². The molecule has 0 spiro atoms. The molecule has 2 aliphatic heterocycles. The maximum atomic E-state index is 12.5. The zero-order valence-corrected chi connectivity index (χ0v) is 14.3. The number of fused-ring (bicyclic) bond motifs is 1. The first-order valence-electron chi connectivity index (χ1n) is 8.49. The van der Waals surface area contributed by atoms with Gasteiger partial charge in [0.25, 0.3) is 0 Å². The lowest BCUT2D eigenvalue weighted by Crippen LogP contribution is -2.24. The highest BCUT2D eigenvalue weighted by molar-refractivity contribution is 7.10. The van der Waals surface area contributed by atoms with Gasteiger partial charge in [0.2, 0.25) is 5.91 Å². The van der Waals surface area contributed by atoms with Gasteiger partial charge >= 0.3 is 0 Å². The van der Waals surface area contributed by atoms with E-state index < -0.39 is 0 Å². The Morgan fingerprint density at radius 1 is 1.38 bits per heavy atom. The van der Waals surface area contributed by atoms with Crippen molar-refractivity contribution in [2.45, 2.75) is 31.8 Å². The SMILES string of the molecule is O=C(CC1OCCc2ccsc21)Nc1cccnc1N1CCCC1. The number of nitrogens with one attached hydrogen (secondary N) is 1. The standard InChI is InChI=1S/C18H21N3O2S/c22-16(12-15-17-13(5-10-23-15)6-11-24-17)20-14-4-3-7-19-18(14)21-8-1-2-9-21/h3-4,6-7,11,15H,1-2,5,8-10,12H2,(H,20,22). The minimum atomic E-state index is -0.124. The van der Waals surface area contributed by atoms with Crippen LogP contribution in [0.2, 0.25) is 0 Å². The normalized spacial score (nSPS) is 20.0. The molecule has 0 aliphatic carbocycles. The molecule has 1 N–H and O–H groups in total. The molecule has 4 heterocycles. The lowest BCUT2D eigenvalue weighted by atomic mass is 10.1. The van der Waals surface area contributed by atoms with Crippen molar-refractivity contribution in [3.05, 3.63) is 40.2 Å². The van der Waals surface area contributed by atoms with Crippen molar-refractivity contribution < 1.29 is 9.53 Å². The highest BCUT2D eigenvalue weighted by Crippen LogP contribution is 2.34. The summed E-state index contributed by atoms with van der Waals surface area (Å²) >= 11 is 1.68.